The van der Waals surface area contributed by atoms with E-state index >= 15 is 0 Å². The van der Waals surface area contributed by atoms with E-state index in [2.05, 4.69) is 41.6 Å². The Morgan fingerprint density at radius 1 is 0.935 bits per heavy atom. The number of fused-ring (bicyclic) bond motifs is 1. The van der Waals surface area contributed by atoms with Gasteiger partial charge < -0.3 is 5.32 Å². The Morgan fingerprint density at radius 3 is 2.52 bits per heavy atom. The number of amides is 1. The number of rotatable bonds is 4. The summed E-state index contributed by atoms with van der Waals surface area (Å²) in [5, 5.41) is 12.4. The van der Waals surface area contributed by atoms with Gasteiger partial charge in [0, 0.05) is 22.6 Å². The predicted octanol–water partition coefficient (Wildman–Crippen LogP) is 6.02. The maximum atomic E-state index is 12.9. The summed E-state index contributed by atoms with van der Waals surface area (Å²) < 4.78 is 1.69. The van der Waals surface area contributed by atoms with E-state index in [4.69, 9.17) is 4.98 Å². The van der Waals surface area contributed by atoms with Gasteiger partial charge in [-0.1, -0.05) is 60.2 Å². The maximum Gasteiger partial charge on any atom is 0.256 e. The maximum absolute atomic E-state index is 12.9. The van der Waals surface area contributed by atoms with Crippen molar-refractivity contribution in [3.8, 4) is 16.4 Å². The summed E-state index contributed by atoms with van der Waals surface area (Å²) >= 11 is 1.49. The van der Waals surface area contributed by atoms with Gasteiger partial charge in [0.1, 0.15) is 5.82 Å². The van der Waals surface area contributed by atoms with Crippen molar-refractivity contribution < 1.29 is 4.79 Å². The molecule has 0 radical (unpaired) electrons. The second-order valence-corrected chi connectivity index (χ2v) is 8.32. The number of aryl methyl sites for hydroxylation is 2. The zero-order chi connectivity index (χ0) is 21.4. The third kappa shape index (κ3) is 3.85. The van der Waals surface area contributed by atoms with E-state index in [0.717, 1.165) is 27.7 Å². The van der Waals surface area contributed by atoms with Gasteiger partial charge in [0.25, 0.3) is 5.91 Å². The van der Waals surface area contributed by atoms with Gasteiger partial charge in [0.2, 0.25) is 5.13 Å². The van der Waals surface area contributed by atoms with Crippen molar-refractivity contribution >= 4 is 33.8 Å². The zero-order valence-corrected chi connectivity index (χ0v) is 18.0. The summed E-state index contributed by atoms with van der Waals surface area (Å²) in [5.41, 5.74) is 4.56. The molecule has 3 aromatic carbocycles. The number of hydrogen-bond donors (Lipinski definition) is 1. The number of carbonyl (C=O) groups is 1. The number of thiazole rings is 1. The van der Waals surface area contributed by atoms with E-state index in [1.54, 1.807) is 4.68 Å². The van der Waals surface area contributed by atoms with Gasteiger partial charge in [-0.3, -0.25) is 4.79 Å². The Balaban J connectivity index is 1.44. The third-order valence-corrected chi connectivity index (χ3v) is 5.92. The van der Waals surface area contributed by atoms with Gasteiger partial charge in [-0.05, 0) is 36.8 Å². The normalized spacial score (nSPS) is 11.0. The first-order valence-corrected chi connectivity index (χ1v) is 10.8. The molecule has 0 aliphatic rings. The van der Waals surface area contributed by atoms with Crippen molar-refractivity contribution in [1.82, 2.24) is 14.8 Å². The Kier molecular flexibility index (Phi) is 4.84. The quantitative estimate of drug-likeness (QED) is 0.384. The number of nitrogens with one attached hydrogen (secondary N) is 1. The van der Waals surface area contributed by atoms with Crippen LogP contribution in [0.25, 0.3) is 27.2 Å². The first-order chi connectivity index (χ1) is 15.1. The van der Waals surface area contributed by atoms with Crippen LogP contribution < -0.4 is 5.32 Å². The monoisotopic (exact) mass is 424 g/mol. The van der Waals surface area contributed by atoms with E-state index < -0.39 is 0 Å². The molecule has 152 valence electrons. The molecular formula is C25H20N4OS. The fourth-order valence-electron chi connectivity index (χ4n) is 3.47. The lowest BCUT2D eigenvalue weighted by atomic mass is 10.1. The van der Waals surface area contributed by atoms with E-state index in [1.807, 2.05) is 60.8 Å². The predicted molar refractivity (Wildman–Crippen MR) is 126 cm³/mol. The molecule has 5 nitrogen and oxygen atoms in total. The molecule has 1 amide bonds. The summed E-state index contributed by atoms with van der Waals surface area (Å²) in [6.45, 7) is 3.96. The lowest BCUT2D eigenvalue weighted by Gasteiger charge is -2.07. The van der Waals surface area contributed by atoms with E-state index in [1.165, 1.54) is 16.9 Å². The van der Waals surface area contributed by atoms with Gasteiger partial charge in [-0.25, -0.2) is 4.98 Å². The molecule has 0 fully saturated rings. The second kappa shape index (κ2) is 7.81. The van der Waals surface area contributed by atoms with Gasteiger partial charge in [-0.15, -0.1) is 11.3 Å². The Morgan fingerprint density at radius 2 is 1.71 bits per heavy atom. The van der Waals surface area contributed by atoms with Crippen molar-refractivity contribution in [3.05, 3.63) is 95.0 Å². The minimum absolute atomic E-state index is 0.179. The van der Waals surface area contributed by atoms with Crippen LogP contribution in [0.2, 0.25) is 0 Å². The number of benzene rings is 3. The molecule has 0 saturated carbocycles. The van der Waals surface area contributed by atoms with Crippen LogP contribution in [0.3, 0.4) is 0 Å². The van der Waals surface area contributed by atoms with Crippen molar-refractivity contribution in [3.63, 3.8) is 0 Å². The van der Waals surface area contributed by atoms with Crippen LogP contribution in [-0.2, 0) is 0 Å². The van der Waals surface area contributed by atoms with Gasteiger partial charge in [-0.2, -0.15) is 9.78 Å². The van der Waals surface area contributed by atoms with Crippen LogP contribution in [0.5, 0.6) is 0 Å². The van der Waals surface area contributed by atoms with Crippen LogP contribution in [0.4, 0.5) is 5.82 Å². The molecule has 0 aliphatic carbocycles. The van der Waals surface area contributed by atoms with Gasteiger partial charge in [0.05, 0.1) is 11.4 Å². The summed E-state index contributed by atoms with van der Waals surface area (Å²) in [6, 6.07) is 23.8. The fourth-order valence-corrected chi connectivity index (χ4v) is 4.27. The highest BCUT2D eigenvalue weighted by atomic mass is 32.1. The van der Waals surface area contributed by atoms with Gasteiger partial charge >= 0.3 is 0 Å². The van der Waals surface area contributed by atoms with Crippen molar-refractivity contribution in [2.75, 3.05) is 5.32 Å². The molecule has 5 rings (SSSR count). The zero-order valence-electron chi connectivity index (χ0n) is 17.2. The average molecular weight is 425 g/mol. The highest BCUT2D eigenvalue weighted by Crippen LogP contribution is 2.27. The molecular weight excluding hydrogens is 404 g/mol. The smallest absolute Gasteiger partial charge is 0.256 e. The summed E-state index contributed by atoms with van der Waals surface area (Å²) in [7, 11) is 0. The minimum atomic E-state index is -0.179. The standard InChI is InChI=1S/C25H20N4OS/c1-16-7-9-19(10-8-16)22-15-31-25(26-22)29-23(13-17(2)28-29)27-24(30)21-12-11-18-5-3-4-6-20(18)14-21/h3-15H,1-2H3,(H,27,30). The number of aromatic nitrogens is 3. The van der Waals surface area contributed by atoms with Crippen molar-refractivity contribution in [2.24, 2.45) is 0 Å². The summed E-state index contributed by atoms with van der Waals surface area (Å²) in [6.07, 6.45) is 0. The number of carbonyl (C=O) groups excluding carboxylic acids is 1. The van der Waals surface area contributed by atoms with Crippen LogP contribution >= 0.6 is 11.3 Å². The molecule has 0 bridgehead atoms. The van der Waals surface area contributed by atoms with Crippen LogP contribution in [-0.4, -0.2) is 20.7 Å². The first-order valence-electron chi connectivity index (χ1n) is 9.96. The molecule has 1 N–H and O–H groups in total. The van der Waals surface area contributed by atoms with E-state index in [0.29, 0.717) is 16.5 Å². The Labute approximate surface area is 184 Å². The topological polar surface area (TPSA) is 59.8 Å². The molecule has 0 atom stereocenters. The van der Waals surface area contributed by atoms with E-state index in [-0.39, 0.29) is 5.91 Å². The highest BCUT2D eigenvalue weighted by Gasteiger charge is 2.15. The van der Waals surface area contributed by atoms with Crippen LogP contribution in [0, 0.1) is 13.8 Å². The summed E-state index contributed by atoms with van der Waals surface area (Å²) in [5.74, 6) is 0.419. The first kappa shape index (κ1) is 19.2. The van der Waals surface area contributed by atoms with Crippen molar-refractivity contribution in [1.29, 1.82) is 0 Å². The number of hydrogen-bond acceptors (Lipinski definition) is 4. The lowest BCUT2D eigenvalue weighted by molar-refractivity contribution is 0.102. The highest BCUT2D eigenvalue weighted by molar-refractivity contribution is 7.12. The molecule has 0 saturated heterocycles. The van der Waals surface area contributed by atoms with Gasteiger partial charge in [0.15, 0.2) is 0 Å². The minimum Gasteiger partial charge on any atom is -0.306 e. The Bertz CT molecular complexity index is 1400. The molecule has 2 aromatic heterocycles. The summed E-state index contributed by atoms with van der Waals surface area (Å²) in [4.78, 5) is 17.7. The van der Waals surface area contributed by atoms with Crippen LogP contribution in [0.15, 0.2) is 78.2 Å². The Hall–Kier alpha value is -3.77. The molecule has 0 unspecified atom stereocenters. The number of anilines is 1. The number of nitrogens with zero attached hydrogens (tertiary/aromatic N) is 3. The molecule has 0 aliphatic heterocycles. The second-order valence-electron chi connectivity index (χ2n) is 7.48. The average Bonchev–Trinajstić information content (AvgIpc) is 3.40. The largest absolute Gasteiger partial charge is 0.306 e. The SMILES string of the molecule is Cc1ccc(-c2csc(-n3nc(C)cc3NC(=O)c3ccc4ccccc4c3)n2)cc1. The molecule has 6 heteroatoms. The fraction of sp³-hybridized carbons (Fsp3) is 0.0800. The van der Waals surface area contributed by atoms with E-state index in [9.17, 15) is 4.79 Å². The lowest BCUT2D eigenvalue weighted by Crippen LogP contribution is -2.15. The third-order valence-electron chi connectivity index (χ3n) is 5.11. The molecule has 5 aromatic rings. The van der Waals surface area contributed by atoms with Crippen LogP contribution in [0.1, 0.15) is 21.6 Å². The molecule has 31 heavy (non-hydrogen) atoms. The molecule has 2 heterocycles. The van der Waals surface area contributed by atoms with Crippen molar-refractivity contribution in [2.45, 2.75) is 13.8 Å². The molecule has 0 spiro atoms.